The van der Waals surface area contributed by atoms with E-state index in [0.717, 1.165) is 23.9 Å². The summed E-state index contributed by atoms with van der Waals surface area (Å²) in [5.74, 6) is -0.990. The summed E-state index contributed by atoms with van der Waals surface area (Å²) in [6.45, 7) is 13.6. The molecular weight excluding hydrogens is 653 g/mol. The number of para-hydroxylation sites is 1. The standard InChI is InChI=1S/C38H48N6O5S/c1-5-22-41(26-44-30-15-11-10-14-29(30)39-40-44)36(48)33-38-21-20-37(4,50-38)31(32(38)35(47)43(33)24-12-8-9-13-25-45)34(46)42(23-6-2)27-16-18-28(19-17-27)49-7-3/h5-6,10-11,14-19,31-33,45H,1-2,7-9,12-13,20-26H2,3-4H3/t31-,32-,33?,37+,38?/m0/s1. The number of aromatic nitrogens is 3. The van der Waals surface area contributed by atoms with Crippen LogP contribution >= 0.6 is 11.8 Å². The largest absolute Gasteiger partial charge is 0.494 e. The van der Waals surface area contributed by atoms with Crippen molar-refractivity contribution in [2.75, 3.05) is 37.7 Å². The summed E-state index contributed by atoms with van der Waals surface area (Å²) in [5.41, 5.74) is 2.24. The Morgan fingerprint density at radius 1 is 1.04 bits per heavy atom. The number of thioether (sulfide) groups is 1. The topological polar surface area (TPSA) is 121 Å². The monoisotopic (exact) mass is 700 g/mol. The summed E-state index contributed by atoms with van der Waals surface area (Å²) in [4.78, 5) is 49.8. The quantitative estimate of drug-likeness (QED) is 0.153. The maximum absolute atomic E-state index is 15.0. The molecule has 5 atom stereocenters. The third kappa shape index (κ3) is 6.32. The van der Waals surface area contributed by atoms with Gasteiger partial charge in [0.1, 0.15) is 24.0 Å². The van der Waals surface area contributed by atoms with Crippen molar-refractivity contribution in [3.8, 4) is 5.75 Å². The molecule has 6 rings (SSSR count). The molecular formula is C38H48N6O5S. The fourth-order valence-electron chi connectivity index (χ4n) is 8.31. The Labute approximate surface area is 298 Å². The number of ether oxygens (including phenoxy) is 1. The molecule has 11 nitrogen and oxygen atoms in total. The molecule has 2 bridgehead atoms. The molecule has 3 saturated heterocycles. The Bertz CT molecular complexity index is 1730. The molecule has 3 aliphatic heterocycles. The summed E-state index contributed by atoms with van der Waals surface area (Å²) >= 11 is 1.67. The number of carbonyl (C=O) groups is 3. The lowest BCUT2D eigenvalue weighted by molar-refractivity contribution is -0.143. The molecule has 12 heteroatoms. The van der Waals surface area contributed by atoms with Crippen molar-refractivity contribution in [2.45, 2.75) is 74.6 Å². The van der Waals surface area contributed by atoms with E-state index in [2.05, 4.69) is 30.4 Å². The molecule has 2 aromatic carbocycles. The zero-order valence-corrected chi connectivity index (χ0v) is 29.9. The van der Waals surface area contributed by atoms with E-state index in [0.29, 0.717) is 50.3 Å². The summed E-state index contributed by atoms with van der Waals surface area (Å²) in [6.07, 6.45) is 7.81. The highest BCUT2D eigenvalue weighted by Gasteiger charge is 2.77. The number of anilines is 1. The van der Waals surface area contributed by atoms with Gasteiger partial charge in [-0.2, -0.15) is 0 Å². The molecule has 266 valence electrons. The van der Waals surface area contributed by atoms with E-state index in [1.807, 2.05) is 55.5 Å². The number of likely N-dealkylation sites (tertiary alicyclic amines) is 1. The third-order valence-corrected chi connectivity index (χ3v) is 12.5. The van der Waals surface area contributed by atoms with Crippen molar-refractivity contribution in [2.24, 2.45) is 11.8 Å². The number of hydrogen-bond donors (Lipinski definition) is 1. The molecule has 4 heterocycles. The van der Waals surface area contributed by atoms with Gasteiger partial charge in [0.2, 0.25) is 17.7 Å². The van der Waals surface area contributed by atoms with E-state index < -0.39 is 27.4 Å². The van der Waals surface area contributed by atoms with Gasteiger partial charge in [-0.1, -0.05) is 42.3 Å². The molecule has 3 aromatic rings. The number of amides is 3. The van der Waals surface area contributed by atoms with Crippen LogP contribution in [0.4, 0.5) is 5.69 Å². The second-order valence-corrected chi connectivity index (χ2v) is 15.5. The lowest BCUT2D eigenvalue weighted by Gasteiger charge is -2.38. The number of rotatable bonds is 17. The van der Waals surface area contributed by atoms with Gasteiger partial charge in [0.25, 0.3) is 0 Å². The zero-order valence-electron chi connectivity index (χ0n) is 29.1. The average Bonchev–Trinajstić information content (AvgIpc) is 3.82. The van der Waals surface area contributed by atoms with Crippen molar-refractivity contribution in [1.82, 2.24) is 24.8 Å². The number of unbranched alkanes of at least 4 members (excludes halogenated alkanes) is 3. The van der Waals surface area contributed by atoms with Crippen LogP contribution in [0, 0.1) is 11.8 Å². The van der Waals surface area contributed by atoms with Crippen LogP contribution in [0.15, 0.2) is 73.8 Å². The predicted molar refractivity (Wildman–Crippen MR) is 196 cm³/mol. The molecule has 3 amide bonds. The highest BCUT2D eigenvalue weighted by Crippen LogP contribution is 2.71. The van der Waals surface area contributed by atoms with Crippen LogP contribution in [0.3, 0.4) is 0 Å². The summed E-state index contributed by atoms with van der Waals surface area (Å²) in [5, 5.41) is 17.9. The van der Waals surface area contributed by atoms with Crippen LogP contribution in [-0.4, -0.2) is 96.0 Å². The lowest BCUT2D eigenvalue weighted by atomic mass is 9.66. The number of fused-ring (bicyclic) bond motifs is 2. The van der Waals surface area contributed by atoms with Gasteiger partial charge < -0.3 is 24.5 Å². The number of aliphatic hydroxyl groups is 1. The van der Waals surface area contributed by atoms with E-state index in [4.69, 9.17) is 4.74 Å². The van der Waals surface area contributed by atoms with E-state index in [1.54, 1.807) is 43.3 Å². The number of carbonyl (C=O) groups excluding carboxylic acids is 3. The lowest BCUT2D eigenvalue weighted by Crippen LogP contribution is -2.55. The SMILES string of the molecule is C=CCN(Cn1nnc2ccccc21)C(=O)C1N(CCCCCCO)C(=O)[C@@H]2[C@@H](C(=O)N(CC=C)c3ccc(OCC)cc3)[C@@]3(C)CCC12S3. The molecule has 1 N–H and O–H groups in total. The summed E-state index contributed by atoms with van der Waals surface area (Å²) in [7, 11) is 0. The highest BCUT2D eigenvalue weighted by atomic mass is 32.2. The highest BCUT2D eigenvalue weighted by molar-refractivity contribution is 8.02. The molecule has 0 aliphatic carbocycles. The van der Waals surface area contributed by atoms with Crippen LogP contribution < -0.4 is 9.64 Å². The maximum Gasteiger partial charge on any atom is 0.248 e. The van der Waals surface area contributed by atoms with Crippen LogP contribution in [-0.2, 0) is 21.1 Å². The van der Waals surface area contributed by atoms with Crippen LogP contribution in [0.25, 0.3) is 11.0 Å². The minimum absolute atomic E-state index is 0.122. The number of nitrogens with zero attached hydrogens (tertiary/aromatic N) is 6. The van der Waals surface area contributed by atoms with Crippen LogP contribution in [0.5, 0.6) is 5.75 Å². The van der Waals surface area contributed by atoms with E-state index in [-0.39, 0.29) is 44.1 Å². The van der Waals surface area contributed by atoms with Gasteiger partial charge in [-0.3, -0.25) is 14.4 Å². The first-order chi connectivity index (χ1) is 24.2. The van der Waals surface area contributed by atoms with Gasteiger partial charge >= 0.3 is 0 Å². The Balaban J connectivity index is 1.36. The third-order valence-electron chi connectivity index (χ3n) is 10.5. The van der Waals surface area contributed by atoms with Gasteiger partial charge in [-0.05, 0) is 75.9 Å². The average molecular weight is 701 g/mol. The first kappa shape index (κ1) is 35.7. The fourth-order valence-corrected chi connectivity index (χ4v) is 10.7. The Morgan fingerprint density at radius 3 is 2.50 bits per heavy atom. The Hall–Kier alpha value is -4.16. The van der Waals surface area contributed by atoms with Crippen molar-refractivity contribution in [1.29, 1.82) is 0 Å². The number of benzene rings is 2. The van der Waals surface area contributed by atoms with Crippen LogP contribution in [0.2, 0.25) is 0 Å². The summed E-state index contributed by atoms with van der Waals surface area (Å²) in [6, 6.07) is 14.3. The van der Waals surface area contributed by atoms with Gasteiger partial charge in [-0.25, -0.2) is 4.68 Å². The first-order valence-electron chi connectivity index (χ1n) is 17.7. The molecule has 1 spiro atoms. The number of hydrogen-bond acceptors (Lipinski definition) is 8. The minimum atomic E-state index is -0.767. The normalized spacial score (nSPS) is 25.1. The van der Waals surface area contributed by atoms with Crippen molar-refractivity contribution < 1.29 is 24.2 Å². The molecule has 3 fully saturated rings. The Kier molecular flexibility index (Phi) is 10.7. The number of aliphatic hydroxyl groups excluding tert-OH is 1. The van der Waals surface area contributed by atoms with E-state index in [1.165, 1.54) is 0 Å². The second kappa shape index (κ2) is 15.0. The van der Waals surface area contributed by atoms with Gasteiger partial charge in [0.15, 0.2) is 0 Å². The minimum Gasteiger partial charge on any atom is -0.494 e. The molecule has 0 saturated carbocycles. The van der Waals surface area contributed by atoms with Crippen molar-refractivity contribution in [3.63, 3.8) is 0 Å². The van der Waals surface area contributed by atoms with E-state index in [9.17, 15) is 19.5 Å². The molecule has 0 radical (unpaired) electrons. The van der Waals surface area contributed by atoms with Crippen molar-refractivity contribution >= 4 is 46.2 Å². The zero-order chi connectivity index (χ0) is 35.5. The fraction of sp³-hybridized carbons (Fsp3) is 0.500. The second-order valence-electron chi connectivity index (χ2n) is 13.6. The van der Waals surface area contributed by atoms with Crippen LogP contribution in [0.1, 0.15) is 52.4 Å². The van der Waals surface area contributed by atoms with Gasteiger partial charge in [-0.15, -0.1) is 30.0 Å². The van der Waals surface area contributed by atoms with Crippen molar-refractivity contribution in [3.05, 3.63) is 73.8 Å². The maximum atomic E-state index is 15.0. The molecule has 1 aromatic heterocycles. The molecule has 3 aliphatic rings. The molecule has 50 heavy (non-hydrogen) atoms. The summed E-state index contributed by atoms with van der Waals surface area (Å²) < 4.78 is 6.05. The Morgan fingerprint density at radius 2 is 1.78 bits per heavy atom. The first-order valence-corrected chi connectivity index (χ1v) is 18.5. The predicted octanol–water partition coefficient (Wildman–Crippen LogP) is 5.06. The molecule has 2 unspecified atom stereocenters. The van der Waals surface area contributed by atoms with Gasteiger partial charge in [0, 0.05) is 36.7 Å². The van der Waals surface area contributed by atoms with E-state index >= 15 is 0 Å². The smallest absolute Gasteiger partial charge is 0.248 e. The van der Waals surface area contributed by atoms with Gasteiger partial charge in [0.05, 0.1) is 28.7 Å².